The average Bonchev–Trinajstić information content (AvgIpc) is 2.76. The molecule has 2 nitrogen and oxygen atoms in total. The van der Waals surface area contributed by atoms with Crippen LogP contribution in [0.5, 0.6) is 0 Å². The van der Waals surface area contributed by atoms with Crippen molar-refractivity contribution in [2.75, 3.05) is 13.1 Å². The lowest BCUT2D eigenvalue weighted by Gasteiger charge is -2.32. The second-order valence-electron chi connectivity index (χ2n) is 8.32. The molecule has 2 atom stereocenters. The fourth-order valence-electron chi connectivity index (χ4n) is 4.35. The lowest BCUT2D eigenvalue weighted by molar-refractivity contribution is 0.262. The maximum Gasteiger partial charge on any atom is 0.0587 e. The highest BCUT2D eigenvalue weighted by Crippen LogP contribution is 2.39. The van der Waals surface area contributed by atoms with Crippen LogP contribution in [-0.4, -0.2) is 28.7 Å². The van der Waals surface area contributed by atoms with Gasteiger partial charge in [0.15, 0.2) is 0 Å². The van der Waals surface area contributed by atoms with Crippen LogP contribution in [0.1, 0.15) is 68.6 Å². The molecule has 0 N–H and O–H groups in total. The Bertz CT molecular complexity index is 760. The van der Waals surface area contributed by atoms with Crippen molar-refractivity contribution < 1.29 is 0 Å². The van der Waals surface area contributed by atoms with Crippen molar-refractivity contribution in [2.24, 2.45) is 0 Å². The van der Waals surface area contributed by atoms with Gasteiger partial charge in [0.1, 0.15) is 0 Å². The molecule has 0 amide bonds. The predicted octanol–water partition coefficient (Wildman–Crippen LogP) is 7.54. The fraction of sp³-hybridized carbons (Fsp3) is 0.519. The third-order valence-corrected chi connectivity index (χ3v) is 6.81. The van der Waals surface area contributed by atoms with Crippen molar-refractivity contribution in [1.82, 2.24) is 4.90 Å². The summed E-state index contributed by atoms with van der Waals surface area (Å²) in [7, 11) is 0. The zero-order valence-corrected chi connectivity index (χ0v) is 20.5. The Kier molecular flexibility index (Phi) is 12.0. The molecule has 168 valence electrons. The second-order valence-corrected chi connectivity index (χ2v) is 9.44. The van der Waals surface area contributed by atoms with E-state index >= 15 is 0 Å². The summed E-state index contributed by atoms with van der Waals surface area (Å²) in [6.45, 7) is 7.03. The smallest absolute Gasteiger partial charge is 0.0587 e. The molecule has 0 spiro atoms. The van der Waals surface area contributed by atoms with Crippen LogP contribution in [0.15, 0.2) is 54.6 Å². The maximum absolute atomic E-state index is 7.32. The Balaban J connectivity index is 0.00000107. The van der Waals surface area contributed by atoms with E-state index in [1.807, 2.05) is 0 Å². The van der Waals surface area contributed by atoms with Crippen LogP contribution in [0.4, 0.5) is 0 Å². The summed E-state index contributed by atoms with van der Waals surface area (Å²) < 4.78 is 0. The molecular weight excluding hydrogens is 423 g/mol. The lowest BCUT2D eigenvalue weighted by atomic mass is 9.83. The molecule has 1 aliphatic rings. The molecule has 1 saturated carbocycles. The zero-order valence-electron chi connectivity index (χ0n) is 18.9. The Morgan fingerprint density at radius 1 is 0.935 bits per heavy atom. The van der Waals surface area contributed by atoms with Crippen molar-refractivity contribution >= 4 is 23.2 Å². The maximum atomic E-state index is 7.32. The summed E-state index contributed by atoms with van der Waals surface area (Å²) in [5.74, 6) is 0.289. The van der Waals surface area contributed by atoms with E-state index in [1.165, 1.54) is 36.5 Å². The van der Waals surface area contributed by atoms with E-state index < -0.39 is 0 Å². The Hall–Kier alpha value is -1.53. The highest BCUT2D eigenvalue weighted by Gasteiger charge is 2.31. The zero-order chi connectivity index (χ0) is 22.5. The monoisotopic (exact) mass is 458 g/mol. The predicted molar refractivity (Wildman–Crippen MR) is 134 cm³/mol. The number of nitriles is 1. The van der Waals surface area contributed by atoms with E-state index in [-0.39, 0.29) is 16.7 Å². The fourth-order valence-corrected chi connectivity index (χ4v) is 5.38. The molecule has 0 aromatic heterocycles. The summed E-state index contributed by atoms with van der Waals surface area (Å²) in [6, 6.07) is 21.6. The number of hydrogen-bond acceptors (Lipinski definition) is 2. The molecule has 0 heterocycles. The third kappa shape index (κ3) is 8.85. The van der Waals surface area contributed by atoms with Crippen molar-refractivity contribution in [3.05, 3.63) is 71.3 Å². The molecule has 0 saturated heterocycles. The molecule has 1 aliphatic carbocycles. The standard InChI is InChI=1S/C25H33Cl2N.C2H3N/c1-2-17-28(19-21-8-4-3-5-9-21)18-7-10-20-13-15-22(16-14-20)25-23(26)11-6-12-24(25)27;1-2-3/h3-5,8-9,13-16,23-25H,2,6-7,10-12,17-19H2,1H3;1H3. The molecule has 2 unspecified atom stereocenters. The number of hydrogen-bond donors (Lipinski definition) is 0. The molecule has 0 aliphatic heterocycles. The molecule has 3 rings (SSSR count). The van der Waals surface area contributed by atoms with Gasteiger partial charge in [0.2, 0.25) is 0 Å². The Morgan fingerprint density at radius 2 is 1.55 bits per heavy atom. The van der Waals surface area contributed by atoms with Crippen LogP contribution >= 0.6 is 23.2 Å². The van der Waals surface area contributed by atoms with Crippen LogP contribution in [0, 0.1) is 11.3 Å². The number of nitrogens with zero attached hydrogens (tertiary/aromatic N) is 2. The van der Waals surface area contributed by atoms with Gasteiger partial charge in [-0.2, -0.15) is 5.26 Å². The first kappa shape index (κ1) is 25.7. The van der Waals surface area contributed by atoms with E-state index in [0.29, 0.717) is 0 Å². The normalized spacial score (nSPS) is 20.6. The summed E-state index contributed by atoms with van der Waals surface area (Å²) in [6.07, 6.45) is 6.80. The molecule has 31 heavy (non-hydrogen) atoms. The van der Waals surface area contributed by atoms with Gasteiger partial charge >= 0.3 is 0 Å². The number of rotatable bonds is 9. The molecule has 2 aromatic rings. The average molecular weight is 460 g/mol. The lowest BCUT2D eigenvalue weighted by Crippen LogP contribution is -2.27. The highest BCUT2D eigenvalue weighted by molar-refractivity contribution is 6.24. The van der Waals surface area contributed by atoms with Crippen LogP contribution in [0.3, 0.4) is 0 Å². The van der Waals surface area contributed by atoms with Gasteiger partial charge in [-0.15, -0.1) is 23.2 Å². The van der Waals surface area contributed by atoms with Gasteiger partial charge in [-0.1, -0.05) is 67.9 Å². The Morgan fingerprint density at radius 3 is 2.13 bits per heavy atom. The molecular formula is C27H36Cl2N2. The number of benzene rings is 2. The SMILES string of the molecule is CC#N.CCCN(CCCc1ccc(C2C(Cl)CCCC2Cl)cc1)Cc1ccccc1. The van der Waals surface area contributed by atoms with E-state index in [4.69, 9.17) is 28.5 Å². The van der Waals surface area contributed by atoms with E-state index in [2.05, 4.69) is 66.4 Å². The second kappa shape index (κ2) is 14.5. The number of halogens is 2. The first-order chi connectivity index (χ1) is 15.1. The first-order valence-corrected chi connectivity index (χ1v) is 12.4. The van der Waals surface area contributed by atoms with Gasteiger partial charge in [0.25, 0.3) is 0 Å². The highest BCUT2D eigenvalue weighted by atomic mass is 35.5. The van der Waals surface area contributed by atoms with E-state index in [0.717, 1.165) is 45.3 Å². The van der Waals surface area contributed by atoms with Gasteiger partial charge in [-0.05, 0) is 61.9 Å². The van der Waals surface area contributed by atoms with Crippen LogP contribution < -0.4 is 0 Å². The summed E-state index contributed by atoms with van der Waals surface area (Å²) >= 11 is 13.2. The molecule has 2 aromatic carbocycles. The molecule has 1 fully saturated rings. The van der Waals surface area contributed by atoms with Gasteiger partial charge < -0.3 is 0 Å². The van der Waals surface area contributed by atoms with Crippen molar-refractivity contribution in [1.29, 1.82) is 5.26 Å². The van der Waals surface area contributed by atoms with Crippen molar-refractivity contribution in [3.63, 3.8) is 0 Å². The largest absolute Gasteiger partial charge is 0.299 e. The van der Waals surface area contributed by atoms with E-state index in [9.17, 15) is 0 Å². The minimum Gasteiger partial charge on any atom is -0.299 e. The molecule has 0 radical (unpaired) electrons. The number of aryl methyl sites for hydroxylation is 1. The quantitative estimate of drug-likeness (QED) is 0.362. The summed E-state index contributed by atoms with van der Waals surface area (Å²) in [5, 5.41) is 7.66. The van der Waals surface area contributed by atoms with Crippen molar-refractivity contribution in [2.45, 2.75) is 75.6 Å². The molecule has 4 heteroatoms. The minimum atomic E-state index is 0.169. The summed E-state index contributed by atoms with van der Waals surface area (Å²) in [5.41, 5.74) is 4.12. The molecule has 0 bridgehead atoms. The first-order valence-electron chi connectivity index (χ1n) is 11.5. The van der Waals surface area contributed by atoms with Gasteiger partial charge in [0, 0.05) is 30.1 Å². The van der Waals surface area contributed by atoms with E-state index in [1.54, 1.807) is 6.07 Å². The van der Waals surface area contributed by atoms with Crippen molar-refractivity contribution in [3.8, 4) is 6.07 Å². The Labute approximate surface area is 199 Å². The van der Waals surface area contributed by atoms with Crippen LogP contribution in [-0.2, 0) is 13.0 Å². The minimum absolute atomic E-state index is 0.169. The topological polar surface area (TPSA) is 27.0 Å². The number of alkyl halides is 2. The van der Waals surface area contributed by atoms with Gasteiger partial charge in [0.05, 0.1) is 6.07 Å². The van der Waals surface area contributed by atoms with Gasteiger partial charge in [-0.3, -0.25) is 4.90 Å². The van der Waals surface area contributed by atoms with Crippen LogP contribution in [0.2, 0.25) is 0 Å². The van der Waals surface area contributed by atoms with Crippen LogP contribution in [0.25, 0.3) is 0 Å². The third-order valence-electron chi connectivity index (χ3n) is 5.83. The summed E-state index contributed by atoms with van der Waals surface area (Å²) in [4.78, 5) is 2.57. The van der Waals surface area contributed by atoms with Gasteiger partial charge in [-0.25, -0.2) is 0 Å².